The molecule has 0 aromatic heterocycles. The zero-order valence-corrected chi connectivity index (χ0v) is 36.1. The first kappa shape index (κ1) is 52.4. The summed E-state index contributed by atoms with van der Waals surface area (Å²) < 4.78 is 25.7. The summed E-state index contributed by atoms with van der Waals surface area (Å²) in [6.07, 6.45) is 25.5. The Labute approximate surface area is 335 Å². The van der Waals surface area contributed by atoms with E-state index in [4.69, 9.17) is 9.47 Å². The summed E-state index contributed by atoms with van der Waals surface area (Å²) >= 11 is 1.42. The Morgan fingerprint density at radius 1 is 0.596 bits per heavy atom. The molecular weight excluding hydrogens is 661 g/mol. The summed E-state index contributed by atoms with van der Waals surface area (Å²) in [5.74, 6) is -0.0282. The molecule has 0 saturated carbocycles. The maximum atomic E-state index is 12.3. The van der Waals surface area contributed by atoms with Crippen molar-refractivity contribution in [3.8, 4) is 0 Å². The second-order valence-corrected chi connectivity index (χ2v) is 14.6. The van der Waals surface area contributed by atoms with Gasteiger partial charge in [-0.1, -0.05) is 147 Å². The number of carbonyl (C=O) groups excluding carboxylic acids is 3. The van der Waals surface area contributed by atoms with Gasteiger partial charge in [0.15, 0.2) is 11.2 Å². The van der Waals surface area contributed by atoms with Crippen molar-refractivity contribution in [3.63, 3.8) is 0 Å². The van der Waals surface area contributed by atoms with Gasteiger partial charge in [0.2, 0.25) is 0 Å². The van der Waals surface area contributed by atoms with Crippen molar-refractivity contribution >= 4 is 36.6 Å². The van der Waals surface area contributed by atoms with Gasteiger partial charge in [0.1, 0.15) is 6.61 Å². The number of carbonyl (C=O) groups is 3. The summed E-state index contributed by atoms with van der Waals surface area (Å²) in [4.78, 5) is 57.1. The van der Waals surface area contributed by atoms with Gasteiger partial charge in [-0.3, -0.25) is 14.4 Å². The Kier molecular flexibility index (Phi) is 42.7. The minimum atomic E-state index is -5.25. The van der Waals surface area contributed by atoms with Crippen LogP contribution in [0.25, 0.3) is 0 Å². The molecule has 0 N–H and O–H groups in total. The fourth-order valence-corrected chi connectivity index (χ4v) is 6.07. The van der Waals surface area contributed by atoms with Crippen LogP contribution in [0.15, 0.2) is 0 Å². The number of hydrogen-bond acceptors (Lipinski definition) is 10. The number of phosphoric ester groups is 1. The first-order valence-corrected chi connectivity index (χ1v) is 20.2. The molecule has 0 fully saturated rings. The van der Waals surface area contributed by atoms with Gasteiger partial charge in [-0.25, -0.2) is 0 Å². The van der Waals surface area contributed by atoms with Crippen LogP contribution in [0.3, 0.4) is 0 Å². The molecule has 13 heteroatoms. The molecule has 0 radical (unpaired) electrons. The average molecular weight is 725 g/mol. The summed E-state index contributed by atoms with van der Waals surface area (Å²) in [5, 5.41) is 0.208. The Morgan fingerprint density at radius 3 is 1.38 bits per heavy atom. The molecule has 0 unspecified atom stereocenters. The summed E-state index contributed by atoms with van der Waals surface area (Å²) in [7, 11) is -5.25. The molecule has 1 atom stereocenters. The van der Waals surface area contributed by atoms with Crippen LogP contribution >= 0.6 is 19.6 Å². The van der Waals surface area contributed by atoms with Crippen molar-refractivity contribution in [2.45, 2.75) is 180 Å². The molecule has 0 aromatic carbocycles. The van der Waals surface area contributed by atoms with Crippen LogP contribution in [0.5, 0.6) is 0 Å². The Balaban J connectivity index is -0.00000968. The number of hydrogen-bond donors (Lipinski definition) is 0. The maximum Gasteiger partial charge on any atom is 1.00 e. The fourth-order valence-electron chi connectivity index (χ4n) is 5.08. The van der Waals surface area contributed by atoms with Gasteiger partial charge in [0, 0.05) is 25.5 Å². The van der Waals surface area contributed by atoms with Crippen molar-refractivity contribution in [3.05, 3.63) is 0 Å². The van der Waals surface area contributed by atoms with Crippen molar-refractivity contribution in [1.82, 2.24) is 0 Å². The third-order valence-electron chi connectivity index (χ3n) is 7.71. The number of thioether (sulfide) groups is 1. The second-order valence-electron chi connectivity index (χ2n) is 12.2. The van der Waals surface area contributed by atoms with Gasteiger partial charge in [0.25, 0.3) is 0 Å². The van der Waals surface area contributed by atoms with E-state index in [1.807, 2.05) is 0 Å². The summed E-state index contributed by atoms with van der Waals surface area (Å²) in [5.41, 5.74) is 0. The van der Waals surface area contributed by atoms with Crippen molar-refractivity contribution < 1.29 is 102 Å². The largest absolute Gasteiger partial charge is 1.00 e. The predicted molar refractivity (Wildman–Crippen MR) is 179 cm³/mol. The fraction of sp³-hybridized carbons (Fsp3) is 0.912. The van der Waals surface area contributed by atoms with E-state index in [1.165, 1.54) is 102 Å². The van der Waals surface area contributed by atoms with Crippen molar-refractivity contribution in [1.29, 1.82) is 0 Å². The topological polar surface area (TPSA) is 142 Å². The van der Waals surface area contributed by atoms with E-state index in [0.717, 1.165) is 50.7 Å². The number of ether oxygens (including phenoxy) is 2. The zero-order chi connectivity index (χ0) is 33.4. The van der Waals surface area contributed by atoms with Gasteiger partial charge < -0.3 is 28.3 Å². The third-order valence-corrected chi connectivity index (χ3v) is 9.08. The van der Waals surface area contributed by atoms with E-state index in [9.17, 15) is 28.7 Å². The van der Waals surface area contributed by atoms with Crippen LogP contribution in [-0.2, 0) is 32.9 Å². The molecule has 0 aromatic rings. The maximum absolute atomic E-state index is 12.3. The molecule has 0 aliphatic rings. The molecule has 9 nitrogen and oxygen atoms in total. The molecule has 0 spiro atoms. The molecule has 266 valence electrons. The van der Waals surface area contributed by atoms with Gasteiger partial charge in [-0.15, -0.1) is 0 Å². The van der Waals surface area contributed by atoms with Crippen molar-refractivity contribution in [2.24, 2.45) is 0 Å². The number of esters is 2. The molecular formula is C34H63Na2O9PS. The first-order chi connectivity index (χ1) is 21.6. The van der Waals surface area contributed by atoms with E-state index in [1.54, 1.807) is 6.92 Å². The molecule has 0 heterocycles. The van der Waals surface area contributed by atoms with Crippen LogP contribution < -0.4 is 68.9 Å². The first-order valence-electron chi connectivity index (χ1n) is 17.8. The minimum absolute atomic E-state index is 0. The van der Waals surface area contributed by atoms with Crippen LogP contribution in [0.2, 0.25) is 0 Å². The average Bonchev–Trinajstić information content (AvgIpc) is 2.98. The summed E-state index contributed by atoms with van der Waals surface area (Å²) in [6.45, 7) is 2.82. The van der Waals surface area contributed by atoms with E-state index >= 15 is 0 Å². The SMILES string of the molecule is CCCCCCCCCCCCC(=O)O[C@@H](COC(=O)CCCCCCCCCCCCCCCSC(C)=O)COP(=O)([O-])[O-].[Na+].[Na+]. The van der Waals surface area contributed by atoms with Gasteiger partial charge >= 0.3 is 71.1 Å². The molecule has 0 amide bonds. The monoisotopic (exact) mass is 724 g/mol. The number of phosphoric acid groups is 1. The second kappa shape index (κ2) is 38.3. The van der Waals surface area contributed by atoms with E-state index in [-0.39, 0.29) is 83.7 Å². The molecule has 0 aliphatic carbocycles. The number of rotatable bonds is 33. The molecule has 0 rings (SSSR count). The normalized spacial score (nSPS) is 11.7. The Bertz CT molecular complexity index is 787. The quantitative estimate of drug-likeness (QED) is 0.0429. The molecule has 0 saturated heterocycles. The molecule has 0 aliphatic heterocycles. The zero-order valence-electron chi connectivity index (χ0n) is 30.4. The van der Waals surface area contributed by atoms with Crippen LogP contribution in [-0.4, -0.2) is 42.1 Å². The van der Waals surface area contributed by atoms with Crippen molar-refractivity contribution in [2.75, 3.05) is 19.0 Å². The molecule has 0 bridgehead atoms. The Hall–Kier alpha value is 1.07. The Morgan fingerprint density at radius 2 is 0.979 bits per heavy atom. The predicted octanol–water partition coefficient (Wildman–Crippen LogP) is 2.35. The third kappa shape index (κ3) is 43.2. The van der Waals surface area contributed by atoms with Gasteiger partial charge in [0.05, 0.1) is 14.4 Å². The van der Waals surface area contributed by atoms with E-state index < -0.39 is 32.5 Å². The summed E-state index contributed by atoms with van der Waals surface area (Å²) in [6, 6.07) is 0. The van der Waals surface area contributed by atoms with E-state index in [2.05, 4.69) is 11.4 Å². The minimum Gasteiger partial charge on any atom is -0.790 e. The van der Waals surface area contributed by atoms with Crippen LogP contribution in [0.1, 0.15) is 174 Å². The van der Waals surface area contributed by atoms with E-state index in [0.29, 0.717) is 12.8 Å². The molecule has 47 heavy (non-hydrogen) atoms. The van der Waals surface area contributed by atoms with Gasteiger partial charge in [-0.05, 0) is 19.3 Å². The number of unbranched alkanes of at least 4 members (excludes halogenated alkanes) is 21. The van der Waals surface area contributed by atoms with Gasteiger partial charge in [-0.2, -0.15) is 0 Å². The van der Waals surface area contributed by atoms with Crippen LogP contribution in [0.4, 0.5) is 0 Å². The standard InChI is InChI=1S/C34H65O9PS.2Na/c1-3-4-5-6-7-8-14-18-21-24-27-34(37)43-32(30-42-44(38,39)40)29-41-33(36)26-23-20-17-15-12-10-9-11-13-16-19-22-25-28-45-31(2)35;;/h32H,3-30H2,1-2H3,(H2,38,39,40);;/q;2*+1/p-2/t32-;;/m0../s1. The smallest absolute Gasteiger partial charge is 0.790 e. The van der Waals surface area contributed by atoms with Crippen LogP contribution in [0, 0.1) is 0 Å².